The van der Waals surface area contributed by atoms with Crippen LogP contribution in [0.3, 0.4) is 0 Å². The smallest absolute Gasteiger partial charge is 0.238 e. The number of aryl methyl sites for hydroxylation is 2. The van der Waals surface area contributed by atoms with E-state index in [9.17, 15) is 21.6 Å². The Balaban J connectivity index is 1.75. The molecule has 0 aliphatic heterocycles. The lowest BCUT2D eigenvalue weighted by atomic mass is 10.2. The normalized spacial score (nSPS) is 15.1. The molecule has 1 heterocycles. The Hall–Kier alpha value is -2.00. The van der Waals surface area contributed by atoms with Gasteiger partial charge in [-0.1, -0.05) is 12.1 Å². The average Bonchev–Trinajstić information content (AvgIpc) is 3.41. The molecule has 1 fully saturated rings. The molecule has 146 valence electrons. The summed E-state index contributed by atoms with van der Waals surface area (Å²) in [6, 6.07) is 6.07. The molecule has 1 N–H and O–H groups in total. The van der Waals surface area contributed by atoms with Crippen molar-refractivity contribution in [3.05, 3.63) is 52.6 Å². The number of alkyl halides is 3. The zero-order valence-corrected chi connectivity index (χ0v) is 15.8. The van der Waals surface area contributed by atoms with Crippen molar-refractivity contribution in [1.82, 2.24) is 14.7 Å². The van der Waals surface area contributed by atoms with Crippen LogP contribution in [0.5, 0.6) is 0 Å². The van der Waals surface area contributed by atoms with Gasteiger partial charge in [0.2, 0.25) is 10.0 Å². The number of benzene rings is 1. The van der Waals surface area contributed by atoms with Gasteiger partial charge in [-0.3, -0.25) is 0 Å². The summed E-state index contributed by atoms with van der Waals surface area (Å²) in [4.78, 5) is 7.91. The van der Waals surface area contributed by atoms with Crippen molar-refractivity contribution in [3.8, 4) is 0 Å². The molecule has 0 amide bonds. The summed E-state index contributed by atoms with van der Waals surface area (Å²) in [6.07, 6.45) is -2.95. The van der Waals surface area contributed by atoms with Gasteiger partial charge in [0.15, 0.2) is 0 Å². The molecule has 3 rings (SSSR count). The minimum atomic E-state index is -4.56. The third-order valence-electron chi connectivity index (χ3n) is 4.35. The van der Waals surface area contributed by atoms with E-state index in [4.69, 9.17) is 0 Å². The van der Waals surface area contributed by atoms with Gasteiger partial charge >= 0.3 is 6.18 Å². The Labute approximate surface area is 156 Å². The SMILES string of the molecule is Cc1ccc(C)c(S(=O)(=O)NCCc2nc(C3CC3)cc(C(F)(F)F)n2)c1. The number of aromatic nitrogens is 2. The molecule has 9 heteroatoms. The average molecular weight is 399 g/mol. The molecule has 1 aromatic heterocycles. The highest BCUT2D eigenvalue weighted by atomic mass is 32.2. The van der Waals surface area contributed by atoms with Crippen LogP contribution >= 0.6 is 0 Å². The van der Waals surface area contributed by atoms with Gasteiger partial charge in [0.1, 0.15) is 11.5 Å². The van der Waals surface area contributed by atoms with E-state index in [-0.39, 0.29) is 29.6 Å². The molecule has 27 heavy (non-hydrogen) atoms. The van der Waals surface area contributed by atoms with Crippen molar-refractivity contribution >= 4 is 10.0 Å². The van der Waals surface area contributed by atoms with Crippen molar-refractivity contribution < 1.29 is 21.6 Å². The van der Waals surface area contributed by atoms with E-state index in [1.54, 1.807) is 26.0 Å². The van der Waals surface area contributed by atoms with Crippen LogP contribution in [0, 0.1) is 13.8 Å². The fourth-order valence-corrected chi connectivity index (χ4v) is 4.09. The van der Waals surface area contributed by atoms with E-state index in [0.29, 0.717) is 11.3 Å². The summed E-state index contributed by atoms with van der Waals surface area (Å²) in [7, 11) is -3.76. The lowest BCUT2D eigenvalue weighted by molar-refractivity contribution is -0.141. The number of rotatable bonds is 6. The van der Waals surface area contributed by atoms with E-state index >= 15 is 0 Å². The van der Waals surface area contributed by atoms with Crippen LogP contribution < -0.4 is 4.72 Å². The summed E-state index contributed by atoms with van der Waals surface area (Å²) in [6.45, 7) is 3.39. The lowest BCUT2D eigenvalue weighted by Gasteiger charge is -2.12. The van der Waals surface area contributed by atoms with Gasteiger partial charge in [-0.25, -0.2) is 23.1 Å². The van der Waals surface area contributed by atoms with Crippen LogP contribution in [0.25, 0.3) is 0 Å². The Morgan fingerprint density at radius 3 is 2.48 bits per heavy atom. The summed E-state index contributed by atoms with van der Waals surface area (Å²) in [5.74, 6) is 0.0369. The Kier molecular flexibility index (Phi) is 5.27. The van der Waals surface area contributed by atoms with Gasteiger partial charge in [-0.15, -0.1) is 0 Å². The van der Waals surface area contributed by atoms with Gasteiger partial charge in [0, 0.05) is 24.6 Å². The molecule has 1 aromatic carbocycles. The number of halogens is 3. The number of nitrogens with one attached hydrogen (secondary N) is 1. The summed E-state index contributed by atoms with van der Waals surface area (Å²) in [5.41, 5.74) is 0.798. The molecule has 0 saturated heterocycles. The second-order valence-corrected chi connectivity index (χ2v) is 8.52. The molecule has 1 saturated carbocycles. The molecule has 1 aliphatic rings. The topological polar surface area (TPSA) is 72.0 Å². The molecule has 0 bridgehead atoms. The van der Waals surface area contributed by atoms with Gasteiger partial charge in [-0.05, 0) is 49.9 Å². The minimum Gasteiger partial charge on any atom is -0.238 e. The van der Waals surface area contributed by atoms with Crippen LogP contribution in [0.4, 0.5) is 13.2 Å². The molecule has 0 radical (unpaired) electrons. The monoisotopic (exact) mass is 399 g/mol. The molecule has 0 unspecified atom stereocenters. The fourth-order valence-electron chi connectivity index (χ4n) is 2.73. The molecular formula is C18H20F3N3O2S. The number of nitrogens with zero attached hydrogens (tertiary/aromatic N) is 2. The molecular weight excluding hydrogens is 379 g/mol. The predicted molar refractivity (Wildman–Crippen MR) is 93.8 cm³/mol. The quantitative estimate of drug-likeness (QED) is 0.807. The van der Waals surface area contributed by atoms with Crippen molar-refractivity contribution in [2.45, 2.75) is 50.1 Å². The van der Waals surface area contributed by atoms with E-state index in [1.807, 2.05) is 6.07 Å². The molecule has 2 aromatic rings. The Bertz CT molecular complexity index is 955. The van der Waals surface area contributed by atoms with Crippen molar-refractivity contribution in [1.29, 1.82) is 0 Å². The Morgan fingerprint density at radius 1 is 1.15 bits per heavy atom. The van der Waals surface area contributed by atoms with Crippen LogP contribution in [-0.2, 0) is 22.6 Å². The van der Waals surface area contributed by atoms with Crippen LogP contribution in [0.15, 0.2) is 29.2 Å². The van der Waals surface area contributed by atoms with E-state index in [0.717, 1.165) is 24.5 Å². The lowest BCUT2D eigenvalue weighted by Crippen LogP contribution is -2.27. The van der Waals surface area contributed by atoms with Gasteiger partial charge in [0.05, 0.1) is 4.90 Å². The fraction of sp³-hybridized carbons (Fsp3) is 0.444. The van der Waals surface area contributed by atoms with Crippen molar-refractivity contribution in [3.63, 3.8) is 0 Å². The zero-order chi connectivity index (χ0) is 19.8. The van der Waals surface area contributed by atoms with Gasteiger partial charge in [0.25, 0.3) is 0 Å². The Morgan fingerprint density at radius 2 is 1.85 bits per heavy atom. The van der Waals surface area contributed by atoms with E-state index < -0.39 is 21.9 Å². The maximum Gasteiger partial charge on any atom is 0.433 e. The molecule has 1 aliphatic carbocycles. The first-order valence-corrected chi connectivity index (χ1v) is 10.1. The van der Waals surface area contributed by atoms with Gasteiger partial charge < -0.3 is 0 Å². The van der Waals surface area contributed by atoms with Crippen LogP contribution in [-0.4, -0.2) is 24.9 Å². The maximum absolute atomic E-state index is 13.0. The van der Waals surface area contributed by atoms with Crippen molar-refractivity contribution in [2.24, 2.45) is 0 Å². The molecule has 0 atom stereocenters. The number of hydrogen-bond acceptors (Lipinski definition) is 4. The second-order valence-electron chi connectivity index (χ2n) is 6.78. The summed E-state index contributed by atoms with van der Waals surface area (Å²) < 4.78 is 66.5. The first-order valence-electron chi connectivity index (χ1n) is 8.58. The summed E-state index contributed by atoms with van der Waals surface area (Å²) >= 11 is 0. The highest BCUT2D eigenvalue weighted by Crippen LogP contribution is 2.40. The molecule has 0 spiro atoms. The number of hydrogen-bond donors (Lipinski definition) is 1. The first kappa shape index (κ1) is 19.8. The summed E-state index contributed by atoms with van der Waals surface area (Å²) in [5, 5.41) is 0. The standard InChI is InChI=1S/C18H20F3N3O2S/c1-11-3-4-12(2)15(9-11)27(25,26)22-8-7-17-23-14(13-5-6-13)10-16(24-17)18(19,20)21/h3-4,9-10,13,22H,5-8H2,1-2H3. The third kappa shape index (κ3) is 4.84. The zero-order valence-electron chi connectivity index (χ0n) is 15.0. The van der Waals surface area contributed by atoms with Gasteiger partial charge in [-0.2, -0.15) is 13.2 Å². The highest BCUT2D eigenvalue weighted by Gasteiger charge is 2.35. The minimum absolute atomic E-state index is 0.00427. The van der Waals surface area contributed by atoms with Crippen molar-refractivity contribution in [2.75, 3.05) is 6.54 Å². The second kappa shape index (κ2) is 7.20. The van der Waals surface area contributed by atoms with Crippen LogP contribution in [0.2, 0.25) is 0 Å². The predicted octanol–water partition coefficient (Wildman–Crippen LogP) is 3.51. The highest BCUT2D eigenvalue weighted by molar-refractivity contribution is 7.89. The van der Waals surface area contributed by atoms with Crippen LogP contribution in [0.1, 0.15) is 47.1 Å². The van der Waals surface area contributed by atoms with E-state index in [1.165, 1.54) is 0 Å². The third-order valence-corrected chi connectivity index (χ3v) is 5.96. The first-order chi connectivity index (χ1) is 12.6. The molecule has 5 nitrogen and oxygen atoms in total. The number of sulfonamides is 1. The maximum atomic E-state index is 13.0. The van der Waals surface area contributed by atoms with E-state index in [2.05, 4.69) is 14.7 Å². The largest absolute Gasteiger partial charge is 0.433 e.